The van der Waals surface area contributed by atoms with E-state index >= 15 is 0 Å². The van der Waals surface area contributed by atoms with Crippen LogP contribution in [0.2, 0.25) is 0 Å². The maximum atomic E-state index is 13.8. The molecule has 0 radical (unpaired) electrons. The topological polar surface area (TPSA) is 26.0 Å². The van der Waals surface area contributed by atoms with Gasteiger partial charge in [-0.15, -0.1) is 0 Å². The fourth-order valence-electron chi connectivity index (χ4n) is 1.94. The summed E-state index contributed by atoms with van der Waals surface area (Å²) >= 11 is 0. The zero-order chi connectivity index (χ0) is 12.7. The summed E-state index contributed by atoms with van der Waals surface area (Å²) in [4.78, 5) is 0. The molecular weight excluding hydrogens is 220 g/mol. The number of nitrogens with two attached hydrogens (primary N) is 1. The van der Waals surface area contributed by atoms with Gasteiger partial charge in [-0.25, -0.2) is 8.78 Å². The zero-order valence-electron chi connectivity index (χ0n) is 10.3. The molecule has 0 saturated heterocycles. The molecule has 0 amide bonds. The van der Waals surface area contributed by atoms with E-state index in [2.05, 4.69) is 0 Å². The Labute approximate surface area is 101 Å². The highest BCUT2D eigenvalue weighted by atomic mass is 19.3. The smallest absolute Gasteiger partial charge is 0.276 e. The Morgan fingerprint density at radius 3 is 2.00 bits per heavy atom. The number of halogens is 2. The van der Waals surface area contributed by atoms with Crippen molar-refractivity contribution in [2.75, 3.05) is 6.54 Å². The van der Waals surface area contributed by atoms with E-state index in [0.717, 1.165) is 5.56 Å². The predicted octanol–water partition coefficient (Wildman–Crippen LogP) is 3.42. The Morgan fingerprint density at radius 1 is 1.12 bits per heavy atom. The van der Waals surface area contributed by atoms with Crippen molar-refractivity contribution >= 4 is 0 Å². The van der Waals surface area contributed by atoms with Gasteiger partial charge >= 0.3 is 0 Å². The minimum absolute atomic E-state index is 0.136. The van der Waals surface area contributed by atoms with Crippen molar-refractivity contribution < 1.29 is 8.78 Å². The van der Waals surface area contributed by atoms with Crippen molar-refractivity contribution in [1.82, 2.24) is 0 Å². The highest BCUT2D eigenvalue weighted by Crippen LogP contribution is 2.49. The standard InChI is InChI=1S/C14H19F2N/c1-13(2,9-17)10-3-5-11(6-4-10)14(15,16)12-7-8-12/h3-6,12H,7-9,17H2,1-2H3. The number of benzene rings is 1. The van der Waals surface area contributed by atoms with Crippen molar-refractivity contribution in [2.45, 2.75) is 38.0 Å². The van der Waals surface area contributed by atoms with E-state index in [4.69, 9.17) is 5.73 Å². The maximum absolute atomic E-state index is 13.8. The van der Waals surface area contributed by atoms with E-state index < -0.39 is 11.8 Å². The average Bonchev–Trinajstić information content (AvgIpc) is 3.13. The van der Waals surface area contributed by atoms with Gasteiger partial charge in [0.15, 0.2) is 0 Å². The summed E-state index contributed by atoms with van der Waals surface area (Å²) in [5.74, 6) is -3.11. The van der Waals surface area contributed by atoms with E-state index in [1.165, 1.54) is 0 Å². The number of alkyl halides is 2. The molecule has 2 N–H and O–H groups in total. The van der Waals surface area contributed by atoms with Crippen LogP contribution in [0.3, 0.4) is 0 Å². The molecule has 1 fully saturated rings. The van der Waals surface area contributed by atoms with Crippen LogP contribution in [0, 0.1) is 5.92 Å². The number of rotatable bonds is 4. The lowest BCUT2D eigenvalue weighted by molar-refractivity contribution is -0.0285. The van der Waals surface area contributed by atoms with Gasteiger partial charge in [0.2, 0.25) is 0 Å². The molecule has 0 aliphatic heterocycles. The molecule has 1 nitrogen and oxygen atoms in total. The van der Waals surface area contributed by atoms with Crippen LogP contribution < -0.4 is 5.73 Å². The molecule has 2 rings (SSSR count). The summed E-state index contributed by atoms with van der Waals surface area (Å²) < 4.78 is 27.7. The molecule has 0 bridgehead atoms. The fourth-order valence-corrected chi connectivity index (χ4v) is 1.94. The monoisotopic (exact) mass is 239 g/mol. The van der Waals surface area contributed by atoms with Gasteiger partial charge < -0.3 is 5.73 Å². The largest absolute Gasteiger partial charge is 0.330 e. The summed E-state index contributed by atoms with van der Waals surface area (Å²) in [7, 11) is 0. The summed E-state index contributed by atoms with van der Waals surface area (Å²) in [6, 6.07) is 6.65. The van der Waals surface area contributed by atoms with Gasteiger partial charge in [-0.1, -0.05) is 38.1 Å². The first-order valence-corrected chi connectivity index (χ1v) is 6.07. The van der Waals surface area contributed by atoms with E-state index in [0.29, 0.717) is 19.4 Å². The summed E-state index contributed by atoms with van der Waals surface area (Å²) in [6.45, 7) is 4.54. The summed E-state index contributed by atoms with van der Waals surface area (Å²) in [5, 5.41) is 0. The van der Waals surface area contributed by atoms with Crippen molar-refractivity contribution in [3.8, 4) is 0 Å². The number of hydrogen-bond donors (Lipinski definition) is 1. The molecule has 0 heterocycles. The van der Waals surface area contributed by atoms with Crippen molar-refractivity contribution in [3.05, 3.63) is 35.4 Å². The van der Waals surface area contributed by atoms with Gasteiger partial charge in [-0.2, -0.15) is 0 Å². The van der Waals surface area contributed by atoms with E-state index in [1.807, 2.05) is 13.8 Å². The van der Waals surface area contributed by atoms with Crippen molar-refractivity contribution in [2.24, 2.45) is 11.7 Å². The molecule has 1 aliphatic rings. The molecule has 3 heteroatoms. The van der Waals surface area contributed by atoms with Crippen molar-refractivity contribution in [1.29, 1.82) is 0 Å². The van der Waals surface area contributed by atoms with Crippen LogP contribution in [-0.2, 0) is 11.3 Å². The Hall–Kier alpha value is -0.960. The first-order chi connectivity index (χ1) is 7.88. The third kappa shape index (κ3) is 2.34. The average molecular weight is 239 g/mol. The third-order valence-electron chi connectivity index (χ3n) is 3.65. The molecule has 0 unspecified atom stereocenters. The maximum Gasteiger partial charge on any atom is 0.276 e. The minimum atomic E-state index is -2.66. The first-order valence-electron chi connectivity index (χ1n) is 6.07. The second-order valence-corrected chi connectivity index (χ2v) is 5.56. The highest BCUT2D eigenvalue weighted by molar-refractivity contribution is 5.31. The van der Waals surface area contributed by atoms with Crippen LogP contribution in [0.25, 0.3) is 0 Å². The fraction of sp³-hybridized carbons (Fsp3) is 0.571. The number of hydrogen-bond acceptors (Lipinski definition) is 1. The lowest BCUT2D eigenvalue weighted by Crippen LogP contribution is -2.28. The quantitative estimate of drug-likeness (QED) is 0.856. The Morgan fingerprint density at radius 2 is 1.59 bits per heavy atom. The Bertz CT molecular complexity index is 391. The minimum Gasteiger partial charge on any atom is -0.330 e. The van der Waals surface area contributed by atoms with Gasteiger partial charge in [-0.05, 0) is 18.4 Å². The van der Waals surface area contributed by atoms with Gasteiger partial charge in [-0.3, -0.25) is 0 Å². The zero-order valence-corrected chi connectivity index (χ0v) is 10.3. The van der Waals surface area contributed by atoms with Crippen LogP contribution in [0.4, 0.5) is 8.78 Å². The van der Waals surface area contributed by atoms with E-state index in [-0.39, 0.29) is 11.0 Å². The van der Waals surface area contributed by atoms with Gasteiger partial charge in [0, 0.05) is 23.4 Å². The lowest BCUT2D eigenvalue weighted by atomic mass is 9.84. The normalized spacial score (nSPS) is 17.2. The molecule has 0 atom stereocenters. The molecule has 1 aromatic carbocycles. The molecule has 1 aliphatic carbocycles. The Kier molecular flexibility index (Phi) is 2.98. The summed E-state index contributed by atoms with van der Waals surface area (Å²) in [5.41, 5.74) is 6.66. The molecule has 0 aromatic heterocycles. The van der Waals surface area contributed by atoms with Crippen LogP contribution in [0.15, 0.2) is 24.3 Å². The van der Waals surface area contributed by atoms with Crippen LogP contribution in [0.5, 0.6) is 0 Å². The molecule has 1 aromatic rings. The SMILES string of the molecule is CC(C)(CN)c1ccc(C(F)(F)C2CC2)cc1. The Balaban J connectivity index is 2.24. The van der Waals surface area contributed by atoms with Crippen LogP contribution >= 0.6 is 0 Å². The second kappa shape index (κ2) is 4.05. The molecular formula is C14H19F2N. The van der Waals surface area contributed by atoms with Crippen LogP contribution in [0.1, 0.15) is 37.8 Å². The van der Waals surface area contributed by atoms with Crippen molar-refractivity contribution in [3.63, 3.8) is 0 Å². The van der Waals surface area contributed by atoms with Crippen LogP contribution in [-0.4, -0.2) is 6.54 Å². The lowest BCUT2D eigenvalue weighted by Gasteiger charge is -2.24. The highest BCUT2D eigenvalue weighted by Gasteiger charge is 2.47. The third-order valence-corrected chi connectivity index (χ3v) is 3.65. The molecule has 0 spiro atoms. The molecule has 17 heavy (non-hydrogen) atoms. The second-order valence-electron chi connectivity index (χ2n) is 5.56. The van der Waals surface area contributed by atoms with Gasteiger partial charge in [0.25, 0.3) is 5.92 Å². The van der Waals surface area contributed by atoms with Gasteiger partial charge in [0.05, 0.1) is 0 Å². The predicted molar refractivity (Wildman–Crippen MR) is 65.1 cm³/mol. The van der Waals surface area contributed by atoms with E-state index in [1.54, 1.807) is 24.3 Å². The molecule has 94 valence electrons. The summed E-state index contributed by atoms with van der Waals surface area (Å²) in [6.07, 6.45) is 1.28. The molecule has 1 saturated carbocycles. The first kappa shape index (κ1) is 12.5. The van der Waals surface area contributed by atoms with Gasteiger partial charge in [0.1, 0.15) is 0 Å². The van der Waals surface area contributed by atoms with E-state index in [9.17, 15) is 8.78 Å².